The van der Waals surface area contributed by atoms with E-state index in [9.17, 15) is 33.7 Å². The molecule has 0 radical (unpaired) electrons. The summed E-state index contributed by atoms with van der Waals surface area (Å²) in [6.45, 7) is 3.97. The Labute approximate surface area is 275 Å². The monoisotopic (exact) mass is 697 g/mol. The van der Waals surface area contributed by atoms with Crippen LogP contribution < -0.4 is 16.0 Å². The molecule has 2 aliphatic heterocycles. The van der Waals surface area contributed by atoms with E-state index >= 15 is 0 Å². The highest BCUT2D eigenvalue weighted by molar-refractivity contribution is 7.47. The molecule has 0 aliphatic carbocycles. The lowest BCUT2D eigenvalue weighted by molar-refractivity contribution is -0.276. The Morgan fingerprint density at radius 3 is 2.11 bits per heavy atom. The molecule has 2 unspecified atom stereocenters. The van der Waals surface area contributed by atoms with Crippen molar-refractivity contribution in [1.29, 1.82) is 0 Å². The second kappa shape index (κ2) is 20.2. The number of carbonyl (C=O) groups is 4. The number of aliphatic hydroxyl groups is 1. The van der Waals surface area contributed by atoms with Gasteiger partial charge in [0.1, 0.15) is 32.2 Å². The molecule has 2 heterocycles. The lowest BCUT2D eigenvalue weighted by Gasteiger charge is -2.44. The van der Waals surface area contributed by atoms with Crippen LogP contribution >= 0.6 is 7.82 Å². The number of ether oxygens (including phenoxy) is 6. The van der Waals surface area contributed by atoms with Crippen molar-refractivity contribution in [3.63, 3.8) is 0 Å². The quantitative estimate of drug-likeness (QED) is 0.0457. The van der Waals surface area contributed by atoms with E-state index in [-0.39, 0.29) is 31.2 Å². The summed E-state index contributed by atoms with van der Waals surface area (Å²) in [6.07, 6.45) is -3.75. The van der Waals surface area contributed by atoms with Gasteiger partial charge in [-0.05, 0) is 25.7 Å². The summed E-state index contributed by atoms with van der Waals surface area (Å²) in [5.41, 5.74) is 0. The molecule has 0 aromatic heterocycles. The summed E-state index contributed by atoms with van der Waals surface area (Å²) in [6, 6.07) is -1.68. The Kier molecular flexibility index (Phi) is 17.6. The third kappa shape index (κ3) is 13.6. The minimum Gasteiger partial charge on any atom is -0.456 e. The van der Waals surface area contributed by atoms with Crippen LogP contribution in [0.5, 0.6) is 0 Å². The van der Waals surface area contributed by atoms with Gasteiger partial charge in [-0.25, -0.2) is 9.36 Å². The van der Waals surface area contributed by atoms with Gasteiger partial charge in [0.2, 0.25) is 5.91 Å². The van der Waals surface area contributed by atoms with Crippen molar-refractivity contribution >= 4 is 39.5 Å². The van der Waals surface area contributed by atoms with Crippen molar-refractivity contribution in [2.45, 2.75) is 95.3 Å². The normalized spacial score (nSPS) is 30.1. The number of hydrogen-bond acceptors (Lipinski definition) is 14. The number of methoxy groups -OCH3 is 1. The lowest BCUT2D eigenvalue weighted by atomic mass is 9.82. The number of phosphoric ester groups is 1. The maximum atomic E-state index is 12.3. The number of phosphoric acid groups is 1. The molecule has 3 amide bonds. The van der Waals surface area contributed by atoms with Gasteiger partial charge in [-0.3, -0.25) is 23.4 Å². The van der Waals surface area contributed by atoms with Crippen molar-refractivity contribution in [2.24, 2.45) is 5.92 Å². The van der Waals surface area contributed by atoms with Gasteiger partial charge in [0, 0.05) is 66.6 Å². The molecule has 0 aromatic carbocycles. The number of urea groups is 1. The van der Waals surface area contributed by atoms with E-state index in [0.717, 1.165) is 21.0 Å². The molecule has 5 N–H and O–H groups in total. The first-order valence-corrected chi connectivity index (χ1v) is 16.9. The SMILES string of the molecule is B[C@@H]1O[C@H](COC)C(OP(=O)(O)OC)[C@@H]1CCCNC(=O)NCCCCO[C@@H]1O[C@H](CO)[C@H](OC(C)=O)[C@H](OC(C)=O)[C@H]1NC(C)=O. The first-order valence-electron chi connectivity index (χ1n) is 15.4. The molecule has 18 nitrogen and oxygen atoms in total. The van der Waals surface area contributed by atoms with Crippen molar-refractivity contribution in [3.05, 3.63) is 0 Å². The van der Waals surface area contributed by atoms with Gasteiger partial charge in [-0.2, -0.15) is 0 Å². The second-order valence-corrected chi connectivity index (χ2v) is 12.7. The van der Waals surface area contributed by atoms with E-state index < -0.39 is 75.1 Å². The number of nitrogens with one attached hydrogen (secondary N) is 3. The highest BCUT2D eigenvalue weighted by atomic mass is 31.2. The molecular formula is C27H49BN3O15P. The van der Waals surface area contributed by atoms with Crippen molar-refractivity contribution in [2.75, 3.05) is 47.1 Å². The first-order chi connectivity index (χ1) is 22.2. The van der Waals surface area contributed by atoms with Crippen LogP contribution in [0.1, 0.15) is 46.5 Å². The summed E-state index contributed by atoms with van der Waals surface area (Å²) in [7, 11) is 0.177. The zero-order chi connectivity index (χ0) is 35.1. The Bertz CT molecular complexity index is 1070. The lowest BCUT2D eigenvalue weighted by Crippen LogP contribution is -2.66. The smallest absolute Gasteiger partial charge is 0.456 e. The third-order valence-corrected chi connectivity index (χ3v) is 8.51. The maximum Gasteiger partial charge on any atom is 0.472 e. The number of esters is 2. The number of unbranched alkanes of at least 4 members (excludes halogenated alkanes) is 1. The van der Waals surface area contributed by atoms with E-state index in [1.165, 1.54) is 14.0 Å². The molecule has 2 saturated heterocycles. The number of carbonyl (C=O) groups excluding carboxylic acids is 4. The third-order valence-electron chi connectivity index (χ3n) is 7.54. The molecule has 2 fully saturated rings. The van der Waals surface area contributed by atoms with Gasteiger partial charge in [0.15, 0.2) is 18.5 Å². The predicted octanol–water partition coefficient (Wildman–Crippen LogP) is -1.30. The number of rotatable bonds is 19. The van der Waals surface area contributed by atoms with Crippen LogP contribution in [0.2, 0.25) is 0 Å². The van der Waals surface area contributed by atoms with Gasteiger partial charge in [-0.15, -0.1) is 0 Å². The fourth-order valence-electron chi connectivity index (χ4n) is 5.51. The first kappa shape index (κ1) is 40.8. The topological polar surface area (TPSA) is 236 Å². The molecule has 0 saturated carbocycles. The summed E-state index contributed by atoms with van der Waals surface area (Å²) < 4.78 is 55.3. The molecule has 10 atom stereocenters. The van der Waals surface area contributed by atoms with Crippen LogP contribution in [0.3, 0.4) is 0 Å². The summed E-state index contributed by atoms with van der Waals surface area (Å²) in [5.74, 6) is -2.08. The zero-order valence-corrected chi connectivity index (χ0v) is 28.6. The van der Waals surface area contributed by atoms with Crippen LogP contribution in [0.4, 0.5) is 4.79 Å². The summed E-state index contributed by atoms with van der Waals surface area (Å²) in [4.78, 5) is 57.6. The molecule has 0 bridgehead atoms. The fraction of sp³-hybridized carbons (Fsp3) is 0.852. The van der Waals surface area contributed by atoms with Crippen molar-refractivity contribution < 1.29 is 71.2 Å². The average Bonchev–Trinajstić information content (AvgIpc) is 3.27. The minimum absolute atomic E-state index is 0.131. The van der Waals surface area contributed by atoms with Gasteiger partial charge < -0.3 is 54.4 Å². The van der Waals surface area contributed by atoms with Crippen molar-refractivity contribution in [3.8, 4) is 0 Å². The molecule has 0 aromatic rings. The van der Waals surface area contributed by atoms with Crippen LogP contribution in [0, 0.1) is 5.92 Å². The van der Waals surface area contributed by atoms with Gasteiger partial charge >= 0.3 is 25.8 Å². The molecule has 2 aliphatic rings. The van der Waals surface area contributed by atoms with Crippen LogP contribution in [-0.2, 0) is 56.4 Å². The largest absolute Gasteiger partial charge is 0.472 e. The number of amides is 3. The van der Waals surface area contributed by atoms with E-state index in [4.69, 9.17) is 32.9 Å². The van der Waals surface area contributed by atoms with E-state index in [1.807, 2.05) is 7.85 Å². The molecule has 47 heavy (non-hydrogen) atoms. The van der Waals surface area contributed by atoms with Crippen molar-refractivity contribution in [1.82, 2.24) is 16.0 Å². The zero-order valence-electron chi connectivity index (χ0n) is 27.7. The van der Waals surface area contributed by atoms with Crippen LogP contribution in [0.15, 0.2) is 0 Å². The Morgan fingerprint density at radius 2 is 1.53 bits per heavy atom. The minimum atomic E-state index is -4.25. The Balaban J connectivity index is 1.79. The highest BCUT2D eigenvalue weighted by Crippen LogP contribution is 2.48. The predicted molar refractivity (Wildman–Crippen MR) is 165 cm³/mol. The summed E-state index contributed by atoms with van der Waals surface area (Å²) >= 11 is 0. The Morgan fingerprint density at radius 1 is 0.894 bits per heavy atom. The average molecular weight is 697 g/mol. The van der Waals surface area contributed by atoms with Crippen LogP contribution in [0.25, 0.3) is 0 Å². The second-order valence-electron chi connectivity index (χ2n) is 11.2. The number of hydrogen-bond donors (Lipinski definition) is 5. The molecule has 0 spiro atoms. The van der Waals surface area contributed by atoms with Gasteiger partial charge in [-0.1, -0.05) is 0 Å². The van der Waals surface area contributed by atoms with Gasteiger partial charge in [0.25, 0.3) is 0 Å². The van der Waals surface area contributed by atoms with Crippen LogP contribution in [-0.4, -0.2) is 138 Å². The highest BCUT2D eigenvalue weighted by Gasteiger charge is 2.51. The molecular weight excluding hydrogens is 648 g/mol. The number of aliphatic hydroxyl groups excluding tert-OH is 1. The molecule has 20 heteroatoms. The molecule has 2 rings (SSSR count). The summed E-state index contributed by atoms with van der Waals surface area (Å²) in [5, 5.41) is 18.0. The van der Waals surface area contributed by atoms with E-state index in [1.54, 1.807) is 0 Å². The standard InChI is InChI=1S/C27H49BN3O15P/c1-15(33)31-21-24(43-17(3)35)23(42-16(2)34)19(13-32)45-26(21)41-12-7-6-10-29-27(36)30-11-8-9-18-22(46-47(37,38)40-5)20(14-39-4)44-25(18)28/h18-26,32H,6-14,28H2,1-5H3,(H,31,33)(H,37,38)(H2,29,30,36)/t18-,19+,20+,21+,22?,23-,24+,25+,26+/m0/s1. The van der Waals surface area contributed by atoms with E-state index in [0.29, 0.717) is 38.8 Å². The Hall–Kier alpha value is -2.35. The maximum absolute atomic E-state index is 12.3. The fourth-order valence-corrected chi connectivity index (χ4v) is 6.20. The van der Waals surface area contributed by atoms with Gasteiger partial charge in [0.05, 0.1) is 13.2 Å². The molecule has 270 valence electrons. The van der Waals surface area contributed by atoms with E-state index in [2.05, 4.69) is 20.5 Å².